The molecule has 0 bridgehead atoms. The summed E-state index contributed by atoms with van der Waals surface area (Å²) >= 11 is 2.16. The molecule has 0 fully saturated rings. The smallest absolute Gasteiger partial charge is 0.233 e. The third kappa shape index (κ3) is 4.96. The molecule has 1 atom stereocenters. The Kier molecular flexibility index (Phi) is 7.30. The zero-order chi connectivity index (χ0) is 15.0. The number of allylic oxidation sites excluding steroid dienone is 4. The van der Waals surface area contributed by atoms with Crippen molar-refractivity contribution in [2.24, 2.45) is 0 Å². The lowest BCUT2D eigenvalue weighted by Gasteiger charge is -2.09. The molecule has 3 heteroatoms. The summed E-state index contributed by atoms with van der Waals surface area (Å²) in [5.41, 5.74) is 3.22. The Labute approximate surface area is 134 Å². The van der Waals surface area contributed by atoms with Crippen LogP contribution in [-0.4, -0.2) is 9.83 Å². The molecule has 1 unspecified atom stereocenters. The first-order chi connectivity index (χ1) is 9.62. The zero-order valence-electron chi connectivity index (χ0n) is 11.7. The van der Waals surface area contributed by atoms with Crippen LogP contribution in [0.5, 0.6) is 0 Å². The first kappa shape index (κ1) is 16.7. The first-order valence-corrected chi connectivity index (χ1v) is 7.83. The predicted molar refractivity (Wildman–Crippen MR) is 94.8 cm³/mol. The van der Waals surface area contributed by atoms with E-state index < -0.39 is 0 Å². The molecule has 0 aliphatic carbocycles. The van der Waals surface area contributed by atoms with Crippen molar-refractivity contribution >= 4 is 34.1 Å². The molecule has 0 aliphatic heterocycles. The van der Waals surface area contributed by atoms with E-state index in [0.29, 0.717) is 6.54 Å². The van der Waals surface area contributed by atoms with Crippen LogP contribution in [0.1, 0.15) is 24.5 Å². The van der Waals surface area contributed by atoms with E-state index in [0.717, 1.165) is 23.1 Å². The number of carbonyl (C=O) groups is 1. The van der Waals surface area contributed by atoms with E-state index in [1.165, 1.54) is 0 Å². The maximum atomic E-state index is 11.7. The second-order valence-corrected chi connectivity index (χ2v) is 5.86. The van der Waals surface area contributed by atoms with Crippen LogP contribution in [-0.2, 0) is 11.3 Å². The van der Waals surface area contributed by atoms with Crippen LogP contribution in [0.3, 0.4) is 0 Å². The number of benzene rings is 1. The molecule has 0 spiro atoms. The van der Waals surface area contributed by atoms with E-state index in [1.54, 1.807) is 12.2 Å². The van der Waals surface area contributed by atoms with Gasteiger partial charge >= 0.3 is 0 Å². The molecule has 106 valence electrons. The van der Waals surface area contributed by atoms with Gasteiger partial charge in [0.05, 0.1) is 3.92 Å². The number of halogens is 1. The van der Waals surface area contributed by atoms with Crippen molar-refractivity contribution in [2.45, 2.75) is 23.8 Å². The zero-order valence-corrected chi connectivity index (χ0v) is 13.9. The largest absolute Gasteiger partial charge is 0.351 e. The fraction of sp³-hybridized carbons (Fsp3) is 0.235. The molecule has 0 saturated carbocycles. The highest BCUT2D eigenvalue weighted by Crippen LogP contribution is 2.16. The quantitative estimate of drug-likeness (QED) is 0.427. The van der Waals surface area contributed by atoms with Crippen LogP contribution in [0, 0.1) is 0 Å². The van der Waals surface area contributed by atoms with Gasteiger partial charge in [0.25, 0.3) is 0 Å². The number of hydrogen-bond acceptors (Lipinski definition) is 1. The minimum absolute atomic E-state index is 0.0368. The third-order valence-corrected chi connectivity index (χ3v) is 4.36. The Morgan fingerprint density at radius 3 is 2.50 bits per heavy atom. The van der Waals surface area contributed by atoms with E-state index in [1.807, 2.05) is 37.3 Å². The number of carbonyl (C=O) groups excluding carboxylic acids is 1. The van der Waals surface area contributed by atoms with E-state index in [-0.39, 0.29) is 9.83 Å². The Hall–Kier alpha value is -1.36. The van der Waals surface area contributed by atoms with Crippen molar-refractivity contribution in [3.05, 3.63) is 66.8 Å². The van der Waals surface area contributed by atoms with Crippen LogP contribution >= 0.6 is 22.6 Å². The van der Waals surface area contributed by atoms with Gasteiger partial charge in [-0.1, -0.05) is 85.2 Å². The summed E-state index contributed by atoms with van der Waals surface area (Å²) in [5, 5.41) is 2.94. The summed E-state index contributed by atoms with van der Waals surface area (Å²) in [4.78, 5) is 11.7. The molecule has 0 saturated heterocycles. The summed E-state index contributed by atoms with van der Waals surface area (Å²) in [5.74, 6) is 0.0931. The highest BCUT2D eigenvalue weighted by Gasteiger charge is 2.11. The molecule has 0 aromatic heterocycles. The average molecular weight is 381 g/mol. The minimum atomic E-state index is 0.0368. The van der Waals surface area contributed by atoms with Crippen molar-refractivity contribution < 1.29 is 4.79 Å². The molecule has 1 rings (SSSR count). The number of alkyl halides is 1. The van der Waals surface area contributed by atoms with Crippen molar-refractivity contribution in [1.29, 1.82) is 0 Å². The summed E-state index contributed by atoms with van der Waals surface area (Å²) < 4.78 is 0.0368. The average Bonchev–Trinajstić information content (AvgIpc) is 2.50. The fourth-order valence-corrected chi connectivity index (χ4v) is 1.93. The van der Waals surface area contributed by atoms with E-state index in [9.17, 15) is 4.79 Å². The van der Waals surface area contributed by atoms with Gasteiger partial charge in [-0.25, -0.2) is 0 Å². The maximum Gasteiger partial charge on any atom is 0.233 e. The van der Waals surface area contributed by atoms with Gasteiger partial charge in [0.2, 0.25) is 5.91 Å². The topological polar surface area (TPSA) is 29.1 Å². The Balaban J connectivity index is 2.68. The van der Waals surface area contributed by atoms with Crippen molar-refractivity contribution in [1.82, 2.24) is 5.32 Å². The maximum absolute atomic E-state index is 11.7. The van der Waals surface area contributed by atoms with Crippen molar-refractivity contribution in [2.75, 3.05) is 0 Å². The SMILES string of the molecule is C=C/C=C(\C=C)c1ccc(CNC(=O)C(I)CC)cc1. The van der Waals surface area contributed by atoms with E-state index in [2.05, 4.69) is 41.1 Å². The third-order valence-electron chi connectivity index (χ3n) is 2.91. The standard InChI is InChI=1S/C17H20INO/c1-4-7-14(5-2)15-10-8-13(9-11-15)12-19-17(20)16(18)6-3/h4-5,7-11,16H,1-2,6,12H2,3H3,(H,19,20)/b14-7+. The number of rotatable bonds is 7. The summed E-state index contributed by atoms with van der Waals surface area (Å²) in [6.45, 7) is 10.1. The molecule has 1 amide bonds. The lowest BCUT2D eigenvalue weighted by molar-refractivity contribution is -0.120. The monoisotopic (exact) mass is 381 g/mol. The van der Waals surface area contributed by atoms with Gasteiger partial charge in [-0.3, -0.25) is 4.79 Å². The molecule has 0 heterocycles. The fourth-order valence-electron chi connectivity index (χ4n) is 1.71. The molecule has 0 radical (unpaired) electrons. The molecule has 1 N–H and O–H groups in total. The van der Waals surface area contributed by atoms with Crippen molar-refractivity contribution in [3.63, 3.8) is 0 Å². The van der Waals surface area contributed by atoms with Gasteiger partial charge in [-0.15, -0.1) is 0 Å². The lowest BCUT2D eigenvalue weighted by atomic mass is 10.0. The Morgan fingerprint density at radius 1 is 1.35 bits per heavy atom. The first-order valence-electron chi connectivity index (χ1n) is 6.58. The van der Waals surface area contributed by atoms with E-state index >= 15 is 0 Å². The Morgan fingerprint density at radius 2 is 2.00 bits per heavy atom. The number of hydrogen-bond donors (Lipinski definition) is 1. The molecular weight excluding hydrogens is 361 g/mol. The van der Waals surface area contributed by atoms with Gasteiger partial charge in [-0.05, 0) is 23.1 Å². The van der Waals surface area contributed by atoms with E-state index in [4.69, 9.17) is 0 Å². The van der Waals surface area contributed by atoms with Crippen LogP contribution in [0.2, 0.25) is 0 Å². The predicted octanol–water partition coefficient (Wildman–Crippen LogP) is 4.27. The van der Waals surface area contributed by atoms with Crippen LogP contribution in [0.4, 0.5) is 0 Å². The molecule has 1 aromatic rings. The number of nitrogens with one attached hydrogen (secondary N) is 1. The summed E-state index contributed by atoms with van der Waals surface area (Å²) in [7, 11) is 0. The summed E-state index contributed by atoms with van der Waals surface area (Å²) in [6.07, 6.45) is 6.32. The number of amides is 1. The van der Waals surface area contributed by atoms with Crippen LogP contribution in [0.15, 0.2) is 55.7 Å². The van der Waals surface area contributed by atoms with Gasteiger partial charge in [0.1, 0.15) is 0 Å². The second kappa shape index (κ2) is 8.74. The lowest BCUT2D eigenvalue weighted by Crippen LogP contribution is -2.30. The molecule has 0 aliphatic rings. The van der Waals surface area contributed by atoms with Gasteiger partial charge < -0.3 is 5.32 Å². The Bertz CT molecular complexity index is 502. The highest BCUT2D eigenvalue weighted by atomic mass is 127. The van der Waals surface area contributed by atoms with Gasteiger partial charge in [-0.2, -0.15) is 0 Å². The summed E-state index contributed by atoms with van der Waals surface area (Å²) in [6, 6.07) is 8.09. The molecule has 1 aromatic carbocycles. The minimum Gasteiger partial charge on any atom is -0.351 e. The van der Waals surface area contributed by atoms with Crippen molar-refractivity contribution in [3.8, 4) is 0 Å². The normalized spacial score (nSPS) is 12.6. The van der Waals surface area contributed by atoms with Crippen LogP contribution < -0.4 is 5.32 Å². The molecular formula is C17H20INO. The second-order valence-electron chi connectivity index (χ2n) is 4.35. The van der Waals surface area contributed by atoms with Gasteiger partial charge in [0.15, 0.2) is 0 Å². The van der Waals surface area contributed by atoms with Crippen LogP contribution in [0.25, 0.3) is 5.57 Å². The van der Waals surface area contributed by atoms with Gasteiger partial charge in [0, 0.05) is 6.54 Å². The molecule has 2 nitrogen and oxygen atoms in total. The highest BCUT2D eigenvalue weighted by molar-refractivity contribution is 14.1. The molecule has 20 heavy (non-hydrogen) atoms.